The molecule has 1 aromatic heterocycles. The van der Waals surface area contributed by atoms with Crippen LogP contribution in [0.5, 0.6) is 5.75 Å². The van der Waals surface area contributed by atoms with Crippen molar-refractivity contribution < 1.29 is 23.5 Å². The number of nitrogens with one attached hydrogen (secondary N) is 1. The van der Waals surface area contributed by atoms with Crippen molar-refractivity contribution in [2.75, 3.05) is 13.7 Å². The van der Waals surface area contributed by atoms with Gasteiger partial charge in [-0.15, -0.1) is 0 Å². The Morgan fingerprint density at radius 2 is 1.95 bits per heavy atom. The van der Waals surface area contributed by atoms with Crippen LogP contribution in [0.15, 0.2) is 76.4 Å². The van der Waals surface area contributed by atoms with E-state index in [1.807, 2.05) is 48.5 Å². The summed E-state index contributed by atoms with van der Waals surface area (Å²) >= 11 is 0. The summed E-state index contributed by atoms with van der Waals surface area (Å²) in [5.74, 6) is 0.436. The van der Waals surface area contributed by atoms with Crippen molar-refractivity contribution in [1.82, 2.24) is 15.2 Å². The molecular weight excluding hydrogens is 472 g/mol. The van der Waals surface area contributed by atoms with E-state index in [0.29, 0.717) is 24.3 Å². The zero-order chi connectivity index (χ0) is 25.6. The highest BCUT2D eigenvalue weighted by Crippen LogP contribution is 2.40. The molecular formula is C28H26N4O5. The predicted molar refractivity (Wildman–Crippen MR) is 134 cm³/mol. The zero-order valence-electron chi connectivity index (χ0n) is 20.3. The van der Waals surface area contributed by atoms with Crippen LogP contribution in [-0.4, -0.2) is 47.1 Å². The van der Waals surface area contributed by atoms with Gasteiger partial charge in [-0.3, -0.25) is 14.5 Å². The third-order valence-corrected chi connectivity index (χ3v) is 7.40. The second-order valence-electron chi connectivity index (χ2n) is 9.49. The largest absolute Gasteiger partial charge is 0.497 e. The Kier molecular flexibility index (Phi) is 5.55. The molecule has 9 nitrogen and oxygen atoms in total. The third kappa shape index (κ3) is 3.78. The number of furan rings is 1. The molecule has 2 unspecified atom stereocenters. The third-order valence-electron chi connectivity index (χ3n) is 7.40. The maximum atomic E-state index is 13.7. The number of ether oxygens (including phenoxy) is 1. The Bertz CT molecular complexity index is 1400. The molecule has 4 amide bonds. The first-order chi connectivity index (χ1) is 18.0. The first kappa shape index (κ1) is 23.0. The lowest BCUT2D eigenvalue weighted by atomic mass is 9.76. The standard InChI is InChI=1S/C28H26N4O5/c1-36-20-12-10-19(11-13-20)22-16-23(24-9-5-15-37-24)32(30-22)25(33)17-31-26(34)28(29-27(31)35)14-4-7-18-6-2-3-8-21(18)28/h2-3,5-6,8-13,15,23H,4,7,14,16-17H2,1H3,(H,29,35). The van der Waals surface area contributed by atoms with Gasteiger partial charge in [-0.1, -0.05) is 24.3 Å². The molecule has 3 aliphatic rings. The summed E-state index contributed by atoms with van der Waals surface area (Å²) in [6.07, 6.45) is 4.10. The van der Waals surface area contributed by atoms with Crippen LogP contribution >= 0.6 is 0 Å². The van der Waals surface area contributed by atoms with Crippen molar-refractivity contribution in [3.05, 3.63) is 89.4 Å². The molecule has 1 saturated heterocycles. The van der Waals surface area contributed by atoms with E-state index in [1.54, 1.807) is 25.5 Å². The highest BCUT2D eigenvalue weighted by molar-refractivity contribution is 6.10. The average molecular weight is 499 g/mol. The highest BCUT2D eigenvalue weighted by atomic mass is 16.5. The monoisotopic (exact) mass is 498 g/mol. The van der Waals surface area contributed by atoms with E-state index in [4.69, 9.17) is 9.15 Å². The van der Waals surface area contributed by atoms with Crippen LogP contribution in [0.3, 0.4) is 0 Å². The van der Waals surface area contributed by atoms with Gasteiger partial charge in [0.15, 0.2) is 0 Å². The SMILES string of the molecule is COc1ccc(C2=NN(C(=O)CN3C(=O)NC4(CCCc5ccccc54)C3=O)C(c3ccco3)C2)cc1. The summed E-state index contributed by atoms with van der Waals surface area (Å²) in [7, 11) is 1.60. The Morgan fingerprint density at radius 3 is 2.70 bits per heavy atom. The molecule has 1 fully saturated rings. The predicted octanol–water partition coefficient (Wildman–Crippen LogP) is 3.75. The number of carbonyl (C=O) groups excluding carboxylic acids is 3. The molecule has 37 heavy (non-hydrogen) atoms. The molecule has 1 N–H and O–H groups in total. The van der Waals surface area contributed by atoms with Gasteiger partial charge in [0.1, 0.15) is 29.6 Å². The maximum absolute atomic E-state index is 13.7. The number of imide groups is 1. The number of nitrogens with zero attached hydrogens (tertiary/aromatic N) is 3. The molecule has 3 heterocycles. The number of fused-ring (bicyclic) bond motifs is 2. The fraction of sp³-hybridized carbons (Fsp3) is 0.286. The van der Waals surface area contributed by atoms with Crippen LogP contribution in [0.2, 0.25) is 0 Å². The molecule has 9 heteroatoms. The number of hydrogen-bond acceptors (Lipinski definition) is 6. The number of hydrazone groups is 1. The van der Waals surface area contributed by atoms with Crippen molar-refractivity contribution in [2.24, 2.45) is 5.10 Å². The summed E-state index contributed by atoms with van der Waals surface area (Å²) in [6, 6.07) is 17.6. The first-order valence-corrected chi connectivity index (χ1v) is 12.3. The van der Waals surface area contributed by atoms with Gasteiger partial charge in [-0.05, 0) is 72.4 Å². The Balaban J connectivity index is 1.28. The molecule has 188 valence electrons. The molecule has 2 aromatic carbocycles. The molecule has 1 spiro atoms. The van der Waals surface area contributed by atoms with Crippen molar-refractivity contribution in [2.45, 2.75) is 37.3 Å². The topological polar surface area (TPSA) is 104 Å². The van der Waals surface area contributed by atoms with Gasteiger partial charge in [0.2, 0.25) is 0 Å². The van der Waals surface area contributed by atoms with Crippen molar-refractivity contribution >= 4 is 23.6 Å². The lowest BCUT2D eigenvalue weighted by molar-refractivity contribution is -0.140. The molecule has 2 atom stereocenters. The van der Waals surface area contributed by atoms with E-state index in [9.17, 15) is 14.4 Å². The molecule has 3 aromatic rings. The van der Waals surface area contributed by atoms with Gasteiger partial charge in [0.25, 0.3) is 11.8 Å². The van der Waals surface area contributed by atoms with E-state index in [2.05, 4.69) is 10.4 Å². The smallest absolute Gasteiger partial charge is 0.325 e. The minimum absolute atomic E-state index is 0.397. The van der Waals surface area contributed by atoms with E-state index >= 15 is 0 Å². The molecule has 0 bridgehead atoms. The van der Waals surface area contributed by atoms with Gasteiger partial charge < -0.3 is 14.5 Å². The first-order valence-electron chi connectivity index (χ1n) is 12.3. The summed E-state index contributed by atoms with van der Waals surface area (Å²) in [5.41, 5.74) is 2.27. The Hall–Kier alpha value is -4.40. The minimum atomic E-state index is -1.13. The van der Waals surface area contributed by atoms with E-state index in [1.165, 1.54) is 5.01 Å². The number of methoxy groups -OCH3 is 1. The fourth-order valence-corrected chi connectivity index (χ4v) is 5.56. The van der Waals surface area contributed by atoms with Crippen molar-refractivity contribution in [3.8, 4) is 5.75 Å². The second kappa shape index (κ2) is 8.92. The molecule has 1 aliphatic carbocycles. The van der Waals surface area contributed by atoms with Crippen LogP contribution in [0.1, 0.15) is 47.8 Å². The fourth-order valence-electron chi connectivity index (χ4n) is 5.56. The molecule has 2 aliphatic heterocycles. The van der Waals surface area contributed by atoms with Gasteiger partial charge in [-0.25, -0.2) is 9.80 Å². The zero-order valence-corrected chi connectivity index (χ0v) is 20.3. The molecule has 6 rings (SSSR count). The maximum Gasteiger partial charge on any atom is 0.325 e. The summed E-state index contributed by atoms with van der Waals surface area (Å²) in [4.78, 5) is 41.3. The van der Waals surface area contributed by atoms with E-state index in [0.717, 1.165) is 40.2 Å². The normalized spacial score (nSPS) is 22.7. The second-order valence-corrected chi connectivity index (χ2v) is 9.49. The molecule has 0 saturated carbocycles. The highest BCUT2D eigenvalue weighted by Gasteiger charge is 2.54. The summed E-state index contributed by atoms with van der Waals surface area (Å²) in [5, 5.41) is 8.85. The number of hydrogen-bond donors (Lipinski definition) is 1. The lowest BCUT2D eigenvalue weighted by Gasteiger charge is -2.33. The lowest BCUT2D eigenvalue weighted by Crippen LogP contribution is -2.47. The van der Waals surface area contributed by atoms with Gasteiger partial charge >= 0.3 is 6.03 Å². The quantitative estimate of drug-likeness (QED) is 0.540. The number of aryl methyl sites for hydroxylation is 1. The van der Waals surface area contributed by atoms with Crippen LogP contribution in [-0.2, 0) is 21.5 Å². The van der Waals surface area contributed by atoms with E-state index in [-0.39, 0.29) is 0 Å². The van der Waals surface area contributed by atoms with Gasteiger partial charge in [0.05, 0.1) is 19.1 Å². The van der Waals surface area contributed by atoms with Crippen molar-refractivity contribution in [3.63, 3.8) is 0 Å². The van der Waals surface area contributed by atoms with Crippen LogP contribution in [0.25, 0.3) is 0 Å². The summed E-state index contributed by atoms with van der Waals surface area (Å²) in [6.45, 7) is -0.412. The Labute approximate surface area is 213 Å². The summed E-state index contributed by atoms with van der Waals surface area (Å²) < 4.78 is 10.9. The number of urea groups is 1. The van der Waals surface area contributed by atoms with Crippen LogP contribution in [0, 0.1) is 0 Å². The number of carbonyl (C=O) groups is 3. The Morgan fingerprint density at radius 1 is 1.14 bits per heavy atom. The van der Waals surface area contributed by atoms with Gasteiger partial charge in [0, 0.05) is 6.42 Å². The van der Waals surface area contributed by atoms with Gasteiger partial charge in [-0.2, -0.15) is 5.10 Å². The number of amides is 4. The number of rotatable bonds is 5. The average Bonchev–Trinajstić information content (AvgIpc) is 3.66. The molecule has 0 radical (unpaired) electrons. The van der Waals surface area contributed by atoms with E-state index < -0.39 is 36.0 Å². The minimum Gasteiger partial charge on any atom is -0.497 e. The van der Waals surface area contributed by atoms with Crippen LogP contribution < -0.4 is 10.1 Å². The number of benzene rings is 2. The van der Waals surface area contributed by atoms with Crippen LogP contribution in [0.4, 0.5) is 4.79 Å². The van der Waals surface area contributed by atoms with Crippen molar-refractivity contribution in [1.29, 1.82) is 0 Å².